The Hall–Kier alpha value is -2.61. The fourth-order valence-electron chi connectivity index (χ4n) is 2.67. The number of para-hydroxylation sites is 1. The maximum absolute atomic E-state index is 13.0. The molecule has 0 saturated carbocycles. The molecule has 3 aromatic rings. The first kappa shape index (κ1) is 21.1. The second kappa shape index (κ2) is 8.82. The van der Waals surface area contributed by atoms with E-state index in [9.17, 15) is 8.42 Å². The van der Waals surface area contributed by atoms with Gasteiger partial charge >= 0.3 is 0 Å². The molecule has 0 amide bonds. The van der Waals surface area contributed by atoms with Crippen LogP contribution in [0, 0.1) is 13.8 Å². The molecular formula is C21H20ClN3O2S2. The van der Waals surface area contributed by atoms with Crippen LogP contribution in [0.5, 0.6) is 0 Å². The van der Waals surface area contributed by atoms with E-state index in [4.69, 9.17) is 23.8 Å². The van der Waals surface area contributed by atoms with Crippen molar-refractivity contribution in [3.63, 3.8) is 0 Å². The molecule has 29 heavy (non-hydrogen) atoms. The first-order valence-corrected chi connectivity index (χ1v) is 11.0. The first-order valence-electron chi connectivity index (χ1n) is 8.77. The lowest BCUT2D eigenvalue weighted by atomic mass is 10.2. The summed E-state index contributed by atoms with van der Waals surface area (Å²) < 4.78 is 28.6. The molecule has 3 aromatic carbocycles. The summed E-state index contributed by atoms with van der Waals surface area (Å²) in [5.74, 6) is 0. The van der Waals surface area contributed by atoms with Crippen LogP contribution in [0.3, 0.4) is 0 Å². The molecule has 8 heteroatoms. The van der Waals surface area contributed by atoms with Gasteiger partial charge in [0.05, 0.1) is 5.69 Å². The summed E-state index contributed by atoms with van der Waals surface area (Å²) in [6, 6.07) is 19.3. The second-order valence-electron chi connectivity index (χ2n) is 6.51. The molecule has 150 valence electrons. The maximum atomic E-state index is 13.0. The summed E-state index contributed by atoms with van der Waals surface area (Å²) in [4.78, 5) is 0.0985. The highest BCUT2D eigenvalue weighted by Gasteiger charge is 2.20. The van der Waals surface area contributed by atoms with Crippen LogP contribution < -0.4 is 15.4 Å². The monoisotopic (exact) mass is 445 g/mol. The lowest BCUT2D eigenvalue weighted by Crippen LogP contribution is -2.22. The van der Waals surface area contributed by atoms with E-state index in [0.717, 1.165) is 16.8 Å². The molecule has 0 spiro atoms. The smallest absolute Gasteiger partial charge is 0.263 e. The molecular weight excluding hydrogens is 426 g/mol. The van der Waals surface area contributed by atoms with Gasteiger partial charge in [0.2, 0.25) is 0 Å². The van der Waals surface area contributed by atoms with Crippen LogP contribution >= 0.6 is 23.8 Å². The molecule has 0 aliphatic rings. The van der Waals surface area contributed by atoms with Gasteiger partial charge in [0.25, 0.3) is 10.0 Å². The molecule has 0 saturated heterocycles. The number of sulfonamides is 1. The Balaban J connectivity index is 1.86. The van der Waals surface area contributed by atoms with Crippen molar-refractivity contribution in [3.8, 4) is 0 Å². The van der Waals surface area contributed by atoms with Crippen LogP contribution in [0.15, 0.2) is 71.6 Å². The van der Waals surface area contributed by atoms with Gasteiger partial charge in [-0.1, -0.05) is 35.9 Å². The standard InChI is InChI=1S/C21H20ClN3O2S2/c1-14-7-12-19(24-21(28)23-18-6-4-3-5-15(18)2)20(13-14)29(26,27)25-17-10-8-16(22)9-11-17/h3-13,25H,1-2H3,(H2,23,24,28). The van der Waals surface area contributed by atoms with Crippen molar-refractivity contribution in [2.75, 3.05) is 15.4 Å². The van der Waals surface area contributed by atoms with Gasteiger partial charge in [-0.3, -0.25) is 4.72 Å². The highest BCUT2D eigenvalue weighted by molar-refractivity contribution is 7.93. The average Bonchev–Trinajstić information content (AvgIpc) is 2.67. The quantitative estimate of drug-likeness (QED) is 0.448. The molecule has 0 radical (unpaired) electrons. The van der Waals surface area contributed by atoms with Gasteiger partial charge in [-0.05, 0) is 79.7 Å². The van der Waals surface area contributed by atoms with Crippen molar-refractivity contribution in [3.05, 3.63) is 82.9 Å². The number of aryl methyl sites for hydroxylation is 2. The molecule has 0 aliphatic heterocycles. The lowest BCUT2D eigenvalue weighted by Gasteiger charge is -2.17. The van der Waals surface area contributed by atoms with E-state index in [2.05, 4.69) is 15.4 Å². The third-order valence-electron chi connectivity index (χ3n) is 4.16. The van der Waals surface area contributed by atoms with Gasteiger partial charge in [-0.2, -0.15) is 0 Å². The highest BCUT2D eigenvalue weighted by atomic mass is 35.5. The minimum absolute atomic E-state index is 0.0985. The number of thiocarbonyl (C=S) groups is 1. The highest BCUT2D eigenvalue weighted by Crippen LogP contribution is 2.26. The van der Waals surface area contributed by atoms with E-state index in [1.165, 1.54) is 0 Å². The second-order valence-corrected chi connectivity index (χ2v) is 9.00. The Morgan fingerprint density at radius 1 is 0.897 bits per heavy atom. The van der Waals surface area contributed by atoms with E-state index >= 15 is 0 Å². The third kappa shape index (κ3) is 5.47. The van der Waals surface area contributed by atoms with E-state index in [1.807, 2.05) is 44.2 Å². The molecule has 0 bridgehead atoms. The predicted molar refractivity (Wildman–Crippen MR) is 124 cm³/mol. The van der Waals surface area contributed by atoms with Crippen molar-refractivity contribution < 1.29 is 8.42 Å². The van der Waals surface area contributed by atoms with E-state index in [1.54, 1.807) is 36.4 Å². The van der Waals surface area contributed by atoms with Crippen molar-refractivity contribution in [2.45, 2.75) is 18.7 Å². The van der Waals surface area contributed by atoms with Crippen LogP contribution in [-0.2, 0) is 10.0 Å². The number of anilines is 3. The zero-order chi connectivity index (χ0) is 21.0. The molecule has 3 rings (SSSR count). The summed E-state index contributed by atoms with van der Waals surface area (Å²) in [5.41, 5.74) is 3.48. The van der Waals surface area contributed by atoms with Crippen molar-refractivity contribution in [1.82, 2.24) is 0 Å². The number of hydrogen-bond acceptors (Lipinski definition) is 3. The topological polar surface area (TPSA) is 70.2 Å². The Kier molecular flexibility index (Phi) is 6.42. The molecule has 3 N–H and O–H groups in total. The molecule has 5 nitrogen and oxygen atoms in total. The summed E-state index contributed by atoms with van der Waals surface area (Å²) >= 11 is 11.3. The van der Waals surface area contributed by atoms with E-state index in [0.29, 0.717) is 21.5 Å². The molecule has 0 heterocycles. The largest absolute Gasteiger partial charge is 0.332 e. The SMILES string of the molecule is Cc1ccc(NC(=S)Nc2ccccc2C)c(S(=O)(=O)Nc2ccc(Cl)cc2)c1. The van der Waals surface area contributed by atoms with Crippen molar-refractivity contribution in [2.24, 2.45) is 0 Å². The van der Waals surface area contributed by atoms with Crippen LogP contribution in [0.2, 0.25) is 5.02 Å². The number of hydrogen-bond donors (Lipinski definition) is 3. The van der Waals surface area contributed by atoms with Gasteiger partial charge in [0.15, 0.2) is 5.11 Å². The van der Waals surface area contributed by atoms with Gasteiger partial charge in [0.1, 0.15) is 4.90 Å². The summed E-state index contributed by atoms with van der Waals surface area (Å²) in [7, 11) is -3.85. The van der Waals surface area contributed by atoms with Gasteiger partial charge in [-0.25, -0.2) is 8.42 Å². The van der Waals surface area contributed by atoms with Crippen molar-refractivity contribution in [1.29, 1.82) is 0 Å². The normalized spacial score (nSPS) is 11.0. The first-order chi connectivity index (χ1) is 13.7. The van der Waals surface area contributed by atoms with E-state index < -0.39 is 10.0 Å². The van der Waals surface area contributed by atoms with E-state index in [-0.39, 0.29) is 4.90 Å². The minimum atomic E-state index is -3.85. The Morgan fingerprint density at radius 2 is 1.55 bits per heavy atom. The Morgan fingerprint density at radius 3 is 2.24 bits per heavy atom. The summed E-state index contributed by atoms with van der Waals surface area (Å²) in [5, 5.41) is 6.92. The zero-order valence-electron chi connectivity index (χ0n) is 15.9. The summed E-state index contributed by atoms with van der Waals surface area (Å²) in [6.45, 7) is 3.79. The zero-order valence-corrected chi connectivity index (χ0v) is 18.3. The molecule has 0 atom stereocenters. The van der Waals surface area contributed by atoms with Gasteiger partial charge in [-0.15, -0.1) is 0 Å². The van der Waals surface area contributed by atoms with Crippen LogP contribution in [0.25, 0.3) is 0 Å². The number of nitrogens with one attached hydrogen (secondary N) is 3. The Labute approximate surface area is 181 Å². The molecule has 0 unspecified atom stereocenters. The molecule has 0 aromatic heterocycles. The van der Waals surface area contributed by atoms with Crippen molar-refractivity contribution >= 4 is 56.0 Å². The molecule has 0 fully saturated rings. The Bertz CT molecular complexity index is 1150. The number of benzene rings is 3. The lowest BCUT2D eigenvalue weighted by molar-refractivity contribution is 0.601. The number of rotatable bonds is 5. The average molecular weight is 446 g/mol. The van der Waals surface area contributed by atoms with Crippen LogP contribution in [-0.4, -0.2) is 13.5 Å². The maximum Gasteiger partial charge on any atom is 0.263 e. The third-order valence-corrected chi connectivity index (χ3v) is 6.04. The van der Waals surface area contributed by atoms with Crippen LogP contribution in [0.4, 0.5) is 17.1 Å². The fourth-order valence-corrected chi connectivity index (χ4v) is 4.32. The predicted octanol–water partition coefficient (Wildman–Crippen LogP) is 5.57. The van der Waals surface area contributed by atoms with Crippen LogP contribution in [0.1, 0.15) is 11.1 Å². The number of halogens is 1. The molecule has 0 aliphatic carbocycles. The van der Waals surface area contributed by atoms with Gasteiger partial charge < -0.3 is 10.6 Å². The fraction of sp³-hybridized carbons (Fsp3) is 0.0952. The summed E-state index contributed by atoms with van der Waals surface area (Å²) in [6.07, 6.45) is 0. The minimum Gasteiger partial charge on any atom is -0.332 e. The van der Waals surface area contributed by atoms with Gasteiger partial charge in [0, 0.05) is 16.4 Å².